The number of nitrogens with two attached hydrogens (primary N) is 1. The minimum absolute atomic E-state index is 0.0169. The van der Waals surface area contributed by atoms with Gasteiger partial charge in [0.25, 0.3) is 0 Å². The number of benzene rings is 2. The van der Waals surface area contributed by atoms with Crippen LogP contribution in [0.2, 0.25) is 0 Å². The Labute approximate surface area is 256 Å². The van der Waals surface area contributed by atoms with Crippen molar-refractivity contribution in [2.45, 2.75) is 85.2 Å². The first-order valence-electron chi connectivity index (χ1n) is 15.8. The summed E-state index contributed by atoms with van der Waals surface area (Å²) in [5.41, 5.74) is 12.1. The van der Waals surface area contributed by atoms with E-state index in [4.69, 9.17) is 10.6 Å². The molecule has 43 heavy (non-hydrogen) atoms. The molecular formula is C35H50N4O4. The average Bonchev–Trinajstić information content (AvgIpc) is 3.33. The minimum Gasteiger partial charge on any atom is -0.393 e. The third-order valence-electron chi connectivity index (χ3n) is 11.0. The first-order chi connectivity index (χ1) is 20.2. The van der Waals surface area contributed by atoms with E-state index in [1.54, 1.807) is 18.9 Å². The van der Waals surface area contributed by atoms with E-state index in [0.717, 1.165) is 34.4 Å². The predicted octanol–water partition coefficient (Wildman–Crippen LogP) is 4.56. The summed E-state index contributed by atoms with van der Waals surface area (Å²) >= 11 is 0. The molecule has 0 spiro atoms. The van der Waals surface area contributed by atoms with Crippen LogP contribution in [0, 0.1) is 36.0 Å². The molecule has 0 radical (unpaired) electrons. The number of aliphatic hydroxyl groups is 1. The highest BCUT2D eigenvalue weighted by Gasteiger charge is 2.57. The van der Waals surface area contributed by atoms with Gasteiger partial charge in [-0.1, -0.05) is 39.0 Å². The van der Waals surface area contributed by atoms with Crippen molar-refractivity contribution < 1.29 is 19.5 Å². The van der Waals surface area contributed by atoms with Crippen molar-refractivity contribution in [2.24, 2.45) is 34.8 Å². The molecule has 0 unspecified atom stereocenters. The number of fused-ring (bicyclic) bond motifs is 2. The maximum absolute atomic E-state index is 14.1. The van der Waals surface area contributed by atoms with Gasteiger partial charge < -0.3 is 21.1 Å². The Bertz CT molecular complexity index is 1370. The van der Waals surface area contributed by atoms with Crippen LogP contribution >= 0.6 is 0 Å². The van der Waals surface area contributed by atoms with Crippen molar-refractivity contribution in [3.63, 3.8) is 0 Å². The van der Waals surface area contributed by atoms with Crippen LogP contribution in [0.15, 0.2) is 36.4 Å². The van der Waals surface area contributed by atoms with Crippen LogP contribution in [-0.2, 0) is 16.2 Å². The Balaban J connectivity index is 1.43. The van der Waals surface area contributed by atoms with Crippen LogP contribution in [0.25, 0.3) is 11.1 Å². The highest BCUT2D eigenvalue weighted by Crippen LogP contribution is 2.61. The van der Waals surface area contributed by atoms with E-state index >= 15 is 0 Å². The molecule has 8 atom stereocenters. The van der Waals surface area contributed by atoms with Gasteiger partial charge in [-0.05, 0) is 97.2 Å². The molecule has 4 fully saturated rings. The number of carbonyl (C=O) groups is 2. The highest BCUT2D eigenvalue weighted by molar-refractivity contribution is 5.97. The topological polar surface area (TPSA) is 108 Å². The van der Waals surface area contributed by atoms with Gasteiger partial charge in [-0.2, -0.15) is 5.06 Å². The lowest BCUT2D eigenvalue weighted by molar-refractivity contribution is -0.175. The summed E-state index contributed by atoms with van der Waals surface area (Å²) in [6.45, 7) is 12.9. The minimum atomic E-state index is -0.767. The van der Waals surface area contributed by atoms with Gasteiger partial charge in [0.05, 0.1) is 18.8 Å². The van der Waals surface area contributed by atoms with Crippen molar-refractivity contribution in [1.82, 2.24) is 10.4 Å². The van der Waals surface area contributed by atoms with Gasteiger partial charge in [0.1, 0.15) is 6.04 Å². The summed E-state index contributed by atoms with van der Waals surface area (Å²) in [6, 6.07) is 11.5. The highest BCUT2D eigenvalue weighted by atomic mass is 16.7. The molecule has 2 aromatic rings. The number of nitrogens with one attached hydrogen (secondary N) is 1. The summed E-state index contributed by atoms with van der Waals surface area (Å²) in [7, 11) is 3.93. The second-order valence-electron chi connectivity index (χ2n) is 14.1. The molecule has 1 saturated heterocycles. The molecule has 8 heteroatoms. The van der Waals surface area contributed by atoms with Gasteiger partial charge in [0, 0.05) is 43.9 Å². The SMILES string of the molecule is CC(=O)c1cc(-c2cccc(CN3O[C@@H](CN)[C@@H]([C@H](C)O)[C@H]3C(=O)N[C@H]3C[C@H]4C[C@@H]([C@@H]3C)C4(C)C)c2C)cc(N(C)C)c1. The quantitative estimate of drug-likeness (QED) is 0.368. The molecule has 2 aromatic carbocycles. The molecule has 4 N–H and O–H groups in total. The predicted molar refractivity (Wildman–Crippen MR) is 170 cm³/mol. The number of aliphatic hydroxyl groups excluding tert-OH is 1. The van der Waals surface area contributed by atoms with Crippen molar-refractivity contribution in [3.8, 4) is 11.1 Å². The third-order valence-corrected chi connectivity index (χ3v) is 11.0. The fourth-order valence-electron chi connectivity index (χ4n) is 8.09. The van der Waals surface area contributed by atoms with Crippen molar-refractivity contribution in [1.29, 1.82) is 0 Å². The molecule has 1 heterocycles. The van der Waals surface area contributed by atoms with Crippen LogP contribution in [0.1, 0.15) is 68.9 Å². The summed E-state index contributed by atoms with van der Waals surface area (Å²) < 4.78 is 0. The fourth-order valence-corrected chi connectivity index (χ4v) is 8.09. The number of anilines is 1. The summed E-state index contributed by atoms with van der Waals surface area (Å²) in [4.78, 5) is 34.7. The summed E-state index contributed by atoms with van der Waals surface area (Å²) in [5.74, 6) is 1.09. The largest absolute Gasteiger partial charge is 0.393 e. The first kappa shape index (κ1) is 31.6. The lowest BCUT2D eigenvalue weighted by Crippen LogP contribution is -2.62. The van der Waals surface area contributed by atoms with E-state index in [2.05, 4.69) is 45.1 Å². The van der Waals surface area contributed by atoms with Crippen LogP contribution < -0.4 is 16.0 Å². The Morgan fingerprint density at radius 2 is 1.93 bits per heavy atom. The number of nitrogens with zero attached hydrogens (tertiary/aromatic N) is 2. The van der Waals surface area contributed by atoms with E-state index in [0.29, 0.717) is 35.3 Å². The third kappa shape index (κ3) is 5.75. The number of hydroxylamine groups is 2. The van der Waals surface area contributed by atoms with Crippen molar-refractivity contribution >= 4 is 17.4 Å². The number of amides is 1. The zero-order chi connectivity index (χ0) is 31.4. The number of hydrogen-bond acceptors (Lipinski definition) is 7. The summed E-state index contributed by atoms with van der Waals surface area (Å²) in [5, 5.41) is 16.0. The van der Waals surface area contributed by atoms with Crippen LogP contribution in [0.5, 0.6) is 0 Å². The van der Waals surface area contributed by atoms with Crippen LogP contribution in [0.4, 0.5) is 5.69 Å². The summed E-state index contributed by atoms with van der Waals surface area (Å²) in [6.07, 6.45) is 0.993. The Morgan fingerprint density at radius 3 is 2.51 bits per heavy atom. The van der Waals surface area contributed by atoms with E-state index in [1.807, 2.05) is 43.3 Å². The molecule has 2 bridgehead atoms. The van der Waals surface area contributed by atoms with Gasteiger partial charge in [-0.15, -0.1) is 0 Å². The molecule has 4 aliphatic rings. The molecule has 0 aromatic heterocycles. The van der Waals surface area contributed by atoms with Gasteiger partial charge in [-0.3, -0.25) is 14.4 Å². The standard InChI is InChI=1S/C35H50N4O4/c1-19-23(10-9-11-28(19)25-12-24(21(3)40)13-27(14-25)38(7)8)18-39-33(32(22(4)41)31(17-36)43-39)34(42)37-30-16-26-15-29(20(30)2)35(26,5)6/h9-14,20,22,26,29-33,41H,15-18,36H2,1-8H3,(H,37,42)/t20-,22-,26+,29-,30-,31-,32+,33-/m0/s1. The fraction of sp³-hybridized carbons (Fsp3) is 0.600. The molecule has 3 saturated carbocycles. The average molecular weight is 591 g/mol. The second kappa shape index (κ2) is 12.0. The van der Waals surface area contributed by atoms with Gasteiger partial charge in [0.15, 0.2) is 5.78 Å². The van der Waals surface area contributed by atoms with Gasteiger partial charge >= 0.3 is 0 Å². The monoisotopic (exact) mass is 590 g/mol. The van der Waals surface area contributed by atoms with E-state index in [9.17, 15) is 14.7 Å². The van der Waals surface area contributed by atoms with Crippen molar-refractivity contribution in [3.05, 3.63) is 53.1 Å². The lowest BCUT2D eigenvalue weighted by atomic mass is 9.45. The number of rotatable bonds is 9. The number of carbonyl (C=O) groups excluding carboxylic acids is 2. The zero-order valence-corrected chi connectivity index (χ0v) is 27.1. The van der Waals surface area contributed by atoms with Gasteiger partial charge in [0.2, 0.25) is 5.91 Å². The molecule has 8 nitrogen and oxygen atoms in total. The Kier molecular flexibility index (Phi) is 8.80. The smallest absolute Gasteiger partial charge is 0.240 e. The number of hydrogen-bond donors (Lipinski definition) is 3. The van der Waals surface area contributed by atoms with E-state index in [1.165, 1.54) is 6.42 Å². The van der Waals surface area contributed by atoms with Crippen molar-refractivity contribution in [2.75, 3.05) is 25.5 Å². The van der Waals surface area contributed by atoms with Gasteiger partial charge in [-0.25, -0.2) is 0 Å². The number of Topliss-reactive ketones (excluding diaryl/α,β-unsaturated/α-hetero) is 1. The molecular weight excluding hydrogens is 540 g/mol. The zero-order valence-electron chi connectivity index (χ0n) is 27.1. The molecule has 234 valence electrons. The van der Waals surface area contributed by atoms with Crippen LogP contribution in [0.3, 0.4) is 0 Å². The van der Waals surface area contributed by atoms with Crippen LogP contribution in [-0.4, -0.2) is 66.8 Å². The molecule has 6 rings (SSSR count). The second-order valence-corrected chi connectivity index (χ2v) is 14.1. The van der Waals surface area contributed by atoms with E-state index in [-0.39, 0.29) is 24.3 Å². The number of ketones is 1. The Hall–Kier alpha value is -2.78. The normalized spacial score (nSPS) is 30.4. The Morgan fingerprint density at radius 1 is 1.21 bits per heavy atom. The molecule has 3 aliphatic carbocycles. The first-order valence-corrected chi connectivity index (χ1v) is 15.8. The maximum atomic E-state index is 14.1. The maximum Gasteiger partial charge on any atom is 0.240 e. The molecule has 1 aliphatic heterocycles. The lowest BCUT2D eigenvalue weighted by Gasteiger charge is -2.62. The molecule has 1 amide bonds. The van der Waals surface area contributed by atoms with E-state index < -0.39 is 24.2 Å².